The molecule has 0 bridgehead atoms. The first kappa shape index (κ1) is 17.7. The molecule has 0 saturated heterocycles. The molecule has 1 aromatic rings. The van der Waals surface area contributed by atoms with Crippen LogP contribution in [0.15, 0.2) is 30.3 Å². The maximum absolute atomic E-state index is 11.6. The molecule has 1 rings (SSSR count). The maximum atomic E-state index is 11.6. The summed E-state index contributed by atoms with van der Waals surface area (Å²) in [5.41, 5.74) is 0.315. The predicted molar refractivity (Wildman–Crippen MR) is 85.1 cm³/mol. The Morgan fingerprint density at radius 1 is 1.10 bits per heavy atom. The van der Waals surface area contributed by atoms with Crippen LogP contribution in [0.3, 0.4) is 0 Å². The van der Waals surface area contributed by atoms with Gasteiger partial charge in [0.05, 0.1) is 12.2 Å². The Balaban J connectivity index is 2.46. The van der Waals surface area contributed by atoms with E-state index in [1.165, 1.54) is 0 Å². The van der Waals surface area contributed by atoms with E-state index >= 15 is 0 Å². The second-order valence-corrected chi connectivity index (χ2v) is 6.46. The minimum absolute atomic E-state index is 0.134. The smallest absolute Gasteiger partial charge is 0.306 e. The van der Waals surface area contributed by atoms with Crippen LogP contribution in [0.5, 0.6) is 0 Å². The molecule has 0 fully saturated rings. The standard InChI is InChI=1S/C18H28O3/c1-6-10-16(19)21-17(2,3)13-14-20-18(4,5)15-11-8-7-9-12-15/h7-9,11-12H,6,10,13-14H2,1-5H3. The average Bonchev–Trinajstić information content (AvgIpc) is 2.38. The molecule has 3 nitrogen and oxygen atoms in total. The van der Waals surface area contributed by atoms with Gasteiger partial charge in [0.1, 0.15) is 5.60 Å². The average molecular weight is 292 g/mol. The molecule has 1 aromatic carbocycles. The Labute approximate surface area is 128 Å². The Morgan fingerprint density at radius 3 is 2.29 bits per heavy atom. The van der Waals surface area contributed by atoms with E-state index in [-0.39, 0.29) is 11.6 Å². The van der Waals surface area contributed by atoms with E-state index in [9.17, 15) is 4.79 Å². The molecule has 0 aliphatic heterocycles. The van der Waals surface area contributed by atoms with Crippen LogP contribution in [0.1, 0.15) is 59.4 Å². The Kier molecular flexibility index (Phi) is 6.41. The number of hydrogen-bond acceptors (Lipinski definition) is 3. The highest BCUT2D eigenvalue weighted by atomic mass is 16.6. The molecular formula is C18H28O3. The molecule has 0 spiro atoms. The van der Waals surface area contributed by atoms with E-state index in [1.54, 1.807) is 0 Å². The van der Waals surface area contributed by atoms with Crippen LogP contribution in [-0.2, 0) is 19.9 Å². The first-order valence-corrected chi connectivity index (χ1v) is 7.68. The van der Waals surface area contributed by atoms with Gasteiger partial charge in [-0.1, -0.05) is 37.3 Å². The van der Waals surface area contributed by atoms with Gasteiger partial charge in [0.25, 0.3) is 0 Å². The molecule has 0 aliphatic rings. The zero-order chi connectivity index (χ0) is 15.9. The summed E-state index contributed by atoms with van der Waals surface area (Å²) in [7, 11) is 0. The van der Waals surface area contributed by atoms with Crippen molar-refractivity contribution < 1.29 is 14.3 Å². The molecule has 0 saturated carbocycles. The SMILES string of the molecule is CCCC(=O)OC(C)(C)CCOC(C)(C)c1ccccc1. The van der Waals surface area contributed by atoms with Crippen LogP contribution in [0.25, 0.3) is 0 Å². The van der Waals surface area contributed by atoms with Gasteiger partial charge in [0.15, 0.2) is 0 Å². The maximum Gasteiger partial charge on any atom is 0.306 e. The summed E-state index contributed by atoms with van der Waals surface area (Å²) in [5.74, 6) is -0.134. The zero-order valence-electron chi connectivity index (χ0n) is 13.9. The highest BCUT2D eigenvalue weighted by molar-refractivity contribution is 5.69. The monoisotopic (exact) mass is 292 g/mol. The highest BCUT2D eigenvalue weighted by Gasteiger charge is 2.25. The third-order valence-corrected chi connectivity index (χ3v) is 3.48. The lowest BCUT2D eigenvalue weighted by Crippen LogP contribution is -2.31. The summed E-state index contributed by atoms with van der Waals surface area (Å²) in [5, 5.41) is 0. The van der Waals surface area contributed by atoms with E-state index in [2.05, 4.69) is 26.0 Å². The van der Waals surface area contributed by atoms with Gasteiger partial charge in [-0.15, -0.1) is 0 Å². The van der Waals surface area contributed by atoms with Crippen molar-refractivity contribution in [2.45, 2.75) is 65.1 Å². The molecule has 3 heteroatoms. The lowest BCUT2D eigenvalue weighted by molar-refractivity contribution is -0.159. The molecule has 0 atom stereocenters. The molecule has 0 heterocycles. The van der Waals surface area contributed by atoms with Crippen molar-refractivity contribution >= 4 is 5.97 Å². The van der Waals surface area contributed by atoms with E-state index in [0.717, 1.165) is 12.0 Å². The fraction of sp³-hybridized carbons (Fsp3) is 0.611. The lowest BCUT2D eigenvalue weighted by atomic mass is 9.98. The van der Waals surface area contributed by atoms with Crippen molar-refractivity contribution in [3.63, 3.8) is 0 Å². The van der Waals surface area contributed by atoms with Gasteiger partial charge < -0.3 is 9.47 Å². The number of benzene rings is 1. The molecule has 21 heavy (non-hydrogen) atoms. The number of ether oxygens (including phenoxy) is 2. The summed E-state index contributed by atoms with van der Waals surface area (Å²) in [6.07, 6.45) is 1.96. The molecular weight excluding hydrogens is 264 g/mol. The second kappa shape index (κ2) is 7.60. The number of esters is 1. The molecule has 0 radical (unpaired) electrons. The van der Waals surface area contributed by atoms with E-state index in [1.807, 2.05) is 39.0 Å². The summed E-state index contributed by atoms with van der Waals surface area (Å²) in [6, 6.07) is 10.1. The van der Waals surface area contributed by atoms with Crippen molar-refractivity contribution in [3.05, 3.63) is 35.9 Å². The summed E-state index contributed by atoms with van der Waals surface area (Å²) >= 11 is 0. The number of carbonyl (C=O) groups is 1. The second-order valence-electron chi connectivity index (χ2n) is 6.46. The minimum atomic E-state index is -0.487. The Hall–Kier alpha value is -1.35. The molecule has 0 aromatic heterocycles. The predicted octanol–water partition coefficient (Wildman–Crippen LogP) is 4.45. The van der Waals surface area contributed by atoms with Crippen molar-refractivity contribution in [1.82, 2.24) is 0 Å². The first-order chi connectivity index (χ1) is 9.77. The third-order valence-electron chi connectivity index (χ3n) is 3.48. The first-order valence-electron chi connectivity index (χ1n) is 7.68. The molecule has 0 aliphatic carbocycles. The van der Waals surface area contributed by atoms with Gasteiger partial charge >= 0.3 is 5.97 Å². The zero-order valence-corrected chi connectivity index (χ0v) is 13.9. The van der Waals surface area contributed by atoms with E-state index < -0.39 is 5.60 Å². The van der Waals surface area contributed by atoms with Crippen molar-refractivity contribution in [1.29, 1.82) is 0 Å². The molecule has 0 amide bonds. The highest BCUT2D eigenvalue weighted by Crippen LogP contribution is 2.26. The topological polar surface area (TPSA) is 35.5 Å². The van der Waals surface area contributed by atoms with Gasteiger partial charge in [-0.05, 0) is 39.7 Å². The number of hydrogen-bond donors (Lipinski definition) is 0. The van der Waals surface area contributed by atoms with Crippen LogP contribution < -0.4 is 0 Å². The number of rotatable bonds is 8. The summed E-state index contributed by atoms with van der Waals surface area (Å²) < 4.78 is 11.5. The normalized spacial score (nSPS) is 12.2. The fourth-order valence-electron chi connectivity index (χ4n) is 2.09. The van der Waals surface area contributed by atoms with Crippen LogP contribution in [0.2, 0.25) is 0 Å². The van der Waals surface area contributed by atoms with Crippen LogP contribution in [-0.4, -0.2) is 18.2 Å². The van der Waals surface area contributed by atoms with Crippen LogP contribution in [0.4, 0.5) is 0 Å². The van der Waals surface area contributed by atoms with Crippen molar-refractivity contribution in [3.8, 4) is 0 Å². The van der Waals surface area contributed by atoms with Gasteiger partial charge in [-0.3, -0.25) is 4.79 Å². The molecule has 118 valence electrons. The van der Waals surface area contributed by atoms with E-state index in [0.29, 0.717) is 19.4 Å². The van der Waals surface area contributed by atoms with Crippen molar-refractivity contribution in [2.75, 3.05) is 6.61 Å². The van der Waals surface area contributed by atoms with E-state index in [4.69, 9.17) is 9.47 Å². The van der Waals surface area contributed by atoms with Crippen LogP contribution >= 0.6 is 0 Å². The lowest BCUT2D eigenvalue weighted by Gasteiger charge is -2.30. The number of carbonyl (C=O) groups excluding carboxylic acids is 1. The third kappa shape index (κ3) is 6.30. The molecule has 0 unspecified atom stereocenters. The fourth-order valence-corrected chi connectivity index (χ4v) is 2.09. The van der Waals surface area contributed by atoms with Gasteiger partial charge in [-0.25, -0.2) is 0 Å². The van der Waals surface area contributed by atoms with Gasteiger partial charge in [-0.2, -0.15) is 0 Å². The van der Waals surface area contributed by atoms with Gasteiger partial charge in [0.2, 0.25) is 0 Å². The van der Waals surface area contributed by atoms with Gasteiger partial charge in [0, 0.05) is 12.8 Å². The quantitative estimate of drug-likeness (QED) is 0.664. The largest absolute Gasteiger partial charge is 0.460 e. The Bertz CT molecular complexity index is 435. The van der Waals surface area contributed by atoms with Crippen LogP contribution in [0, 0.1) is 0 Å². The summed E-state index contributed by atoms with van der Waals surface area (Å²) in [6.45, 7) is 10.5. The van der Waals surface area contributed by atoms with Crippen molar-refractivity contribution in [2.24, 2.45) is 0 Å². The summed E-state index contributed by atoms with van der Waals surface area (Å²) in [4.78, 5) is 11.6. The Morgan fingerprint density at radius 2 is 1.71 bits per heavy atom. The minimum Gasteiger partial charge on any atom is -0.460 e. The molecule has 0 N–H and O–H groups in total.